The van der Waals surface area contributed by atoms with Crippen LogP contribution in [0.1, 0.15) is 16.7 Å². The second-order valence-corrected chi connectivity index (χ2v) is 7.97. The third-order valence-corrected chi connectivity index (χ3v) is 6.01. The third kappa shape index (κ3) is 4.79. The van der Waals surface area contributed by atoms with Gasteiger partial charge in [0.2, 0.25) is 5.91 Å². The second kappa shape index (κ2) is 9.71. The quantitative estimate of drug-likeness (QED) is 0.505. The maximum Gasteiger partial charge on any atom is 0.233 e. The molecule has 0 atom stereocenters. The Hall–Kier alpha value is -2.93. The van der Waals surface area contributed by atoms with E-state index < -0.39 is 0 Å². The Morgan fingerprint density at radius 1 is 1.13 bits per heavy atom. The number of imidazole rings is 1. The van der Waals surface area contributed by atoms with Crippen molar-refractivity contribution in [3.8, 4) is 17.2 Å². The van der Waals surface area contributed by atoms with Crippen LogP contribution < -0.4 is 9.47 Å². The minimum absolute atomic E-state index is 0.0327. The summed E-state index contributed by atoms with van der Waals surface area (Å²) in [6.07, 6.45) is 3.70. The number of ether oxygens (including phenoxy) is 2. The summed E-state index contributed by atoms with van der Waals surface area (Å²) in [5, 5.41) is 0.802. The summed E-state index contributed by atoms with van der Waals surface area (Å²) >= 11 is 1.44. The average molecular weight is 426 g/mol. The number of carbonyl (C=O) groups excluding carboxylic acids is 1. The Kier molecular flexibility index (Phi) is 7.05. The number of rotatable bonds is 8. The van der Waals surface area contributed by atoms with Crippen molar-refractivity contribution in [2.24, 2.45) is 0 Å². The maximum absolute atomic E-state index is 12.7. The molecule has 0 aliphatic carbocycles. The van der Waals surface area contributed by atoms with Crippen LogP contribution in [-0.4, -0.2) is 47.4 Å². The number of thioether (sulfide) groups is 1. The molecule has 1 aromatic heterocycles. The highest BCUT2D eigenvalue weighted by Crippen LogP contribution is 2.28. The summed E-state index contributed by atoms with van der Waals surface area (Å²) in [4.78, 5) is 18.9. The van der Waals surface area contributed by atoms with Crippen LogP contribution in [0.15, 0.2) is 53.9 Å². The number of aromatic nitrogens is 2. The minimum Gasteiger partial charge on any atom is -0.493 e. The van der Waals surface area contributed by atoms with E-state index in [0.29, 0.717) is 23.8 Å². The topological polar surface area (TPSA) is 56.6 Å². The van der Waals surface area contributed by atoms with Gasteiger partial charge in [-0.05, 0) is 48.7 Å². The first kappa shape index (κ1) is 21.8. The van der Waals surface area contributed by atoms with Crippen LogP contribution in [0.2, 0.25) is 0 Å². The highest BCUT2D eigenvalue weighted by molar-refractivity contribution is 7.99. The fourth-order valence-corrected chi connectivity index (χ4v) is 4.06. The van der Waals surface area contributed by atoms with E-state index >= 15 is 0 Å². The first-order valence-electron chi connectivity index (χ1n) is 9.62. The summed E-state index contributed by atoms with van der Waals surface area (Å²) in [7, 11) is 5.01. The number of nitrogens with zero attached hydrogens (tertiary/aromatic N) is 3. The number of carbonyl (C=O) groups is 1. The number of methoxy groups -OCH3 is 2. The van der Waals surface area contributed by atoms with Crippen molar-refractivity contribution in [1.82, 2.24) is 14.5 Å². The van der Waals surface area contributed by atoms with Crippen LogP contribution in [0.4, 0.5) is 0 Å². The van der Waals surface area contributed by atoms with Crippen molar-refractivity contribution >= 4 is 17.7 Å². The molecule has 0 saturated heterocycles. The van der Waals surface area contributed by atoms with Gasteiger partial charge in [-0.15, -0.1) is 0 Å². The van der Waals surface area contributed by atoms with Crippen LogP contribution in [0.3, 0.4) is 0 Å². The molecule has 0 radical (unpaired) electrons. The molecule has 3 rings (SSSR count). The average Bonchev–Trinajstić information content (AvgIpc) is 3.22. The molecule has 7 heteroatoms. The fraction of sp³-hybridized carbons (Fsp3) is 0.304. The highest BCUT2D eigenvalue weighted by Gasteiger charge is 2.15. The Labute approximate surface area is 181 Å². The molecule has 1 amide bonds. The molecule has 0 spiro atoms. The molecular weight excluding hydrogens is 398 g/mol. The van der Waals surface area contributed by atoms with Gasteiger partial charge in [-0.1, -0.05) is 30.0 Å². The van der Waals surface area contributed by atoms with Crippen molar-refractivity contribution < 1.29 is 14.3 Å². The molecule has 158 valence electrons. The summed E-state index contributed by atoms with van der Waals surface area (Å²) in [5.41, 5.74) is 4.49. The van der Waals surface area contributed by atoms with Gasteiger partial charge >= 0.3 is 0 Å². The van der Waals surface area contributed by atoms with E-state index in [0.717, 1.165) is 16.4 Å². The van der Waals surface area contributed by atoms with Gasteiger partial charge in [0.25, 0.3) is 0 Å². The molecule has 0 unspecified atom stereocenters. The van der Waals surface area contributed by atoms with Crippen LogP contribution in [0, 0.1) is 13.8 Å². The number of hydrogen-bond donors (Lipinski definition) is 0. The first-order chi connectivity index (χ1) is 14.4. The maximum atomic E-state index is 12.7. The van der Waals surface area contributed by atoms with Crippen molar-refractivity contribution in [1.29, 1.82) is 0 Å². The van der Waals surface area contributed by atoms with Crippen molar-refractivity contribution in [2.75, 3.05) is 27.0 Å². The minimum atomic E-state index is 0.0327. The second-order valence-electron chi connectivity index (χ2n) is 7.03. The van der Waals surface area contributed by atoms with E-state index in [1.54, 1.807) is 32.4 Å². The zero-order valence-corrected chi connectivity index (χ0v) is 18.8. The normalized spacial score (nSPS) is 10.7. The van der Waals surface area contributed by atoms with Crippen LogP contribution in [0.25, 0.3) is 5.69 Å². The number of hydrogen-bond acceptors (Lipinski definition) is 5. The predicted molar refractivity (Wildman–Crippen MR) is 120 cm³/mol. The van der Waals surface area contributed by atoms with Gasteiger partial charge in [0, 0.05) is 26.0 Å². The monoisotopic (exact) mass is 425 g/mol. The van der Waals surface area contributed by atoms with Gasteiger partial charge in [-0.2, -0.15) is 0 Å². The molecule has 0 aliphatic heterocycles. The lowest BCUT2D eigenvalue weighted by Crippen LogP contribution is -2.27. The third-order valence-electron chi connectivity index (χ3n) is 5.06. The molecule has 0 saturated carbocycles. The lowest BCUT2D eigenvalue weighted by Gasteiger charge is -2.18. The molecule has 3 aromatic rings. The highest BCUT2D eigenvalue weighted by atomic mass is 32.2. The molecule has 30 heavy (non-hydrogen) atoms. The Balaban J connectivity index is 1.65. The smallest absolute Gasteiger partial charge is 0.233 e. The number of amides is 1. The Morgan fingerprint density at radius 2 is 1.90 bits per heavy atom. The van der Waals surface area contributed by atoms with E-state index in [1.807, 2.05) is 35.0 Å². The van der Waals surface area contributed by atoms with Crippen LogP contribution in [-0.2, 0) is 11.3 Å². The number of aryl methyl sites for hydroxylation is 1. The fourth-order valence-electron chi connectivity index (χ4n) is 3.15. The van der Waals surface area contributed by atoms with E-state index in [4.69, 9.17) is 9.47 Å². The zero-order chi connectivity index (χ0) is 21.7. The molecule has 0 bridgehead atoms. The lowest BCUT2D eigenvalue weighted by molar-refractivity contribution is -0.127. The van der Waals surface area contributed by atoms with Gasteiger partial charge in [0.05, 0.1) is 25.7 Å². The predicted octanol–water partition coefficient (Wildman–Crippen LogP) is 4.26. The molecule has 2 aromatic carbocycles. The summed E-state index contributed by atoms with van der Waals surface area (Å²) in [6.45, 7) is 4.68. The van der Waals surface area contributed by atoms with Gasteiger partial charge in [-0.25, -0.2) is 4.98 Å². The van der Waals surface area contributed by atoms with Crippen molar-refractivity contribution in [3.05, 3.63) is 65.5 Å². The summed E-state index contributed by atoms with van der Waals surface area (Å²) in [5.74, 6) is 1.67. The summed E-state index contributed by atoms with van der Waals surface area (Å²) in [6, 6.07) is 11.9. The largest absolute Gasteiger partial charge is 0.493 e. The SMILES string of the molecule is COc1ccc(CN(C)C(=O)CSc2nccn2-c2cccc(C)c2C)cc1OC. The molecule has 0 N–H and O–H groups in total. The van der Waals surface area contributed by atoms with E-state index in [2.05, 4.69) is 31.0 Å². The van der Waals surface area contributed by atoms with Crippen molar-refractivity contribution in [3.63, 3.8) is 0 Å². The van der Waals surface area contributed by atoms with E-state index in [1.165, 1.54) is 22.9 Å². The molecular formula is C23H27N3O3S. The lowest BCUT2D eigenvalue weighted by atomic mass is 10.1. The zero-order valence-electron chi connectivity index (χ0n) is 18.0. The number of benzene rings is 2. The molecule has 6 nitrogen and oxygen atoms in total. The van der Waals surface area contributed by atoms with E-state index in [9.17, 15) is 4.79 Å². The van der Waals surface area contributed by atoms with Gasteiger partial charge in [0.1, 0.15) is 0 Å². The standard InChI is InChI=1S/C23H27N3O3S/c1-16-7-6-8-19(17(16)2)26-12-11-24-23(26)30-15-22(27)25(3)14-18-9-10-20(28-4)21(13-18)29-5/h6-13H,14-15H2,1-5H3. The molecule has 0 fully saturated rings. The van der Waals surface area contributed by atoms with Gasteiger partial charge < -0.3 is 14.4 Å². The van der Waals surface area contributed by atoms with E-state index in [-0.39, 0.29) is 5.91 Å². The summed E-state index contributed by atoms with van der Waals surface area (Å²) < 4.78 is 12.7. The Morgan fingerprint density at radius 3 is 2.63 bits per heavy atom. The van der Waals surface area contributed by atoms with Crippen LogP contribution >= 0.6 is 11.8 Å². The molecule has 1 heterocycles. The molecule has 0 aliphatic rings. The van der Waals surface area contributed by atoms with Gasteiger partial charge in [-0.3, -0.25) is 9.36 Å². The Bertz CT molecular complexity index is 1030. The first-order valence-corrected chi connectivity index (χ1v) is 10.6. The van der Waals surface area contributed by atoms with Crippen LogP contribution in [0.5, 0.6) is 11.5 Å². The van der Waals surface area contributed by atoms with Crippen molar-refractivity contribution in [2.45, 2.75) is 25.5 Å². The van der Waals surface area contributed by atoms with Gasteiger partial charge in [0.15, 0.2) is 16.7 Å².